The summed E-state index contributed by atoms with van der Waals surface area (Å²) in [6, 6.07) is 4.17. The lowest BCUT2D eigenvalue weighted by Gasteiger charge is -2.33. The SMILES string of the molecule is O=C(O)C1CNCCN1C(=O)c1ccc2nccnc2c1. The van der Waals surface area contributed by atoms with Crippen molar-refractivity contribution >= 4 is 22.9 Å². The number of aromatic nitrogens is 2. The van der Waals surface area contributed by atoms with Gasteiger partial charge in [-0.05, 0) is 18.2 Å². The number of fused-ring (bicyclic) bond motifs is 1. The molecule has 7 heteroatoms. The van der Waals surface area contributed by atoms with Gasteiger partial charge < -0.3 is 15.3 Å². The summed E-state index contributed by atoms with van der Waals surface area (Å²) in [6.45, 7) is 1.21. The molecule has 108 valence electrons. The van der Waals surface area contributed by atoms with Gasteiger partial charge in [-0.2, -0.15) is 0 Å². The predicted molar refractivity (Wildman–Crippen MR) is 74.9 cm³/mol. The molecular weight excluding hydrogens is 272 g/mol. The number of benzene rings is 1. The van der Waals surface area contributed by atoms with Crippen LogP contribution in [0.2, 0.25) is 0 Å². The average Bonchev–Trinajstić information content (AvgIpc) is 2.53. The first-order valence-corrected chi connectivity index (χ1v) is 6.62. The zero-order valence-corrected chi connectivity index (χ0v) is 11.2. The minimum atomic E-state index is -1.00. The van der Waals surface area contributed by atoms with Crippen LogP contribution in [-0.4, -0.2) is 57.5 Å². The predicted octanol–water partition coefficient (Wildman–Crippen LogP) is 0.128. The van der Waals surface area contributed by atoms with Crippen molar-refractivity contribution in [3.63, 3.8) is 0 Å². The van der Waals surface area contributed by atoms with Crippen LogP contribution in [0.25, 0.3) is 11.0 Å². The van der Waals surface area contributed by atoms with E-state index in [1.165, 1.54) is 4.90 Å². The summed E-state index contributed by atoms with van der Waals surface area (Å²) in [7, 11) is 0. The van der Waals surface area contributed by atoms with Crippen LogP contribution in [0.5, 0.6) is 0 Å². The van der Waals surface area contributed by atoms with E-state index in [2.05, 4.69) is 15.3 Å². The second-order valence-electron chi connectivity index (χ2n) is 4.82. The summed E-state index contributed by atoms with van der Waals surface area (Å²) in [5, 5.41) is 12.2. The van der Waals surface area contributed by atoms with Gasteiger partial charge in [0.1, 0.15) is 6.04 Å². The molecule has 3 rings (SSSR count). The Balaban J connectivity index is 1.93. The van der Waals surface area contributed by atoms with E-state index >= 15 is 0 Å². The van der Waals surface area contributed by atoms with Gasteiger partial charge in [-0.15, -0.1) is 0 Å². The molecule has 1 atom stereocenters. The highest BCUT2D eigenvalue weighted by atomic mass is 16.4. The summed E-state index contributed by atoms with van der Waals surface area (Å²) >= 11 is 0. The van der Waals surface area contributed by atoms with Crippen LogP contribution in [0.3, 0.4) is 0 Å². The highest BCUT2D eigenvalue weighted by molar-refractivity contribution is 5.99. The van der Waals surface area contributed by atoms with Crippen molar-refractivity contribution in [1.29, 1.82) is 0 Å². The lowest BCUT2D eigenvalue weighted by molar-refractivity contribution is -0.142. The second kappa shape index (κ2) is 5.45. The molecule has 1 aromatic heterocycles. The van der Waals surface area contributed by atoms with Gasteiger partial charge in [0.05, 0.1) is 11.0 Å². The van der Waals surface area contributed by atoms with Gasteiger partial charge in [-0.3, -0.25) is 14.8 Å². The molecule has 2 heterocycles. The first kappa shape index (κ1) is 13.4. The number of hydrogen-bond donors (Lipinski definition) is 2. The van der Waals surface area contributed by atoms with E-state index in [0.29, 0.717) is 29.7 Å². The van der Waals surface area contributed by atoms with Gasteiger partial charge in [0.25, 0.3) is 5.91 Å². The van der Waals surface area contributed by atoms with E-state index in [4.69, 9.17) is 0 Å². The van der Waals surface area contributed by atoms with Crippen LogP contribution in [0.4, 0.5) is 0 Å². The molecule has 0 bridgehead atoms. The number of piperazine rings is 1. The Labute approximate surface area is 120 Å². The monoisotopic (exact) mass is 286 g/mol. The number of rotatable bonds is 2. The first-order chi connectivity index (χ1) is 10.2. The number of carbonyl (C=O) groups excluding carboxylic acids is 1. The fourth-order valence-electron chi connectivity index (χ4n) is 2.43. The third-order valence-electron chi connectivity index (χ3n) is 3.51. The van der Waals surface area contributed by atoms with Crippen LogP contribution in [0.15, 0.2) is 30.6 Å². The van der Waals surface area contributed by atoms with Crippen LogP contribution in [0.1, 0.15) is 10.4 Å². The zero-order chi connectivity index (χ0) is 14.8. The van der Waals surface area contributed by atoms with E-state index in [-0.39, 0.29) is 12.5 Å². The molecule has 7 nitrogen and oxygen atoms in total. The average molecular weight is 286 g/mol. The summed E-state index contributed by atoms with van der Waals surface area (Å²) in [4.78, 5) is 33.5. The van der Waals surface area contributed by atoms with Crippen LogP contribution in [-0.2, 0) is 4.79 Å². The van der Waals surface area contributed by atoms with Crippen molar-refractivity contribution < 1.29 is 14.7 Å². The summed E-state index contributed by atoms with van der Waals surface area (Å²) < 4.78 is 0. The molecule has 1 unspecified atom stereocenters. The standard InChI is InChI=1S/C14H14N4O3/c19-13(18-6-5-15-8-12(18)14(20)21)9-1-2-10-11(7-9)17-4-3-16-10/h1-4,7,12,15H,5-6,8H2,(H,20,21). The Kier molecular flexibility index (Phi) is 3.49. The van der Waals surface area contributed by atoms with E-state index in [1.807, 2.05) is 0 Å². The van der Waals surface area contributed by atoms with Crippen LogP contribution < -0.4 is 5.32 Å². The van der Waals surface area contributed by atoms with Crippen molar-refractivity contribution in [2.75, 3.05) is 19.6 Å². The third kappa shape index (κ3) is 2.55. The number of carboxylic acids is 1. The van der Waals surface area contributed by atoms with Crippen molar-refractivity contribution in [1.82, 2.24) is 20.2 Å². The Morgan fingerprint density at radius 3 is 2.76 bits per heavy atom. The van der Waals surface area contributed by atoms with Gasteiger partial charge in [0, 0.05) is 37.6 Å². The van der Waals surface area contributed by atoms with Gasteiger partial charge in [-0.1, -0.05) is 0 Å². The van der Waals surface area contributed by atoms with E-state index in [0.717, 1.165) is 0 Å². The summed E-state index contributed by atoms with van der Waals surface area (Å²) in [6.07, 6.45) is 3.14. The molecule has 1 saturated heterocycles. The number of carboxylic acid groups (broad SMARTS) is 1. The highest BCUT2D eigenvalue weighted by Crippen LogP contribution is 2.15. The Hall–Kier alpha value is -2.54. The molecule has 1 fully saturated rings. The lowest BCUT2D eigenvalue weighted by Crippen LogP contribution is -2.56. The molecule has 0 saturated carbocycles. The van der Waals surface area contributed by atoms with Crippen LogP contribution in [0, 0.1) is 0 Å². The fraction of sp³-hybridized carbons (Fsp3) is 0.286. The molecule has 1 aromatic carbocycles. The topological polar surface area (TPSA) is 95.4 Å². The Morgan fingerprint density at radius 2 is 2.00 bits per heavy atom. The maximum Gasteiger partial charge on any atom is 0.327 e. The molecule has 2 aromatic rings. The van der Waals surface area contributed by atoms with E-state index in [1.54, 1.807) is 30.6 Å². The molecule has 1 aliphatic rings. The molecular formula is C14H14N4O3. The van der Waals surface area contributed by atoms with Crippen LogP contribution >= 0.6 is 0 Å². The Morgan fingerprint density at radius 1 is 1.24 bits per heavy atom. The quantitative estimate of drug-likeness (QED) is 0.814. The maximum atomic E-state index is 12.5. The van der Waals surface area contributed by atoms with E-state index in [9.17, 15) is 14.7 Å². The van der Waals surface area contributed by atoms with Crippen molar-refractivity contribution in [3.05, 3.63) is 36.2 Å². The minimum Gasteiger partial charge on any atom is -0.480 e. The number of hydrogen-bond acceptors (Lipinski definition) is 5. The maximum absolute atomic E-state index is 12.5. The number of nitrogens with zero attached hydrogens (tertiary/aromatic N) is 3. The first-order valence-electron chi connectivity index (χ1n) is 6.62. The molecule has 0 radical (unpaired) electrons. The molecule has 0 aliphatic carbocycles. The summed E-state index contributed by atoms with van der Waals surface area (Å²) in [5.41, 5.74) is 1.74. The van der Waals surface area contributed by atoms with Crippen molar-refractivity contribution in [2.24, 2.45) is 0 Å². The number of carbonyl (C=O) groups is 2. The Bertz CT molecular complexity index is 703. The van der Waals surface area contributed by atoms with Gasteiger partial charge in [-0.25, -0.2) is 4.79 Å². The zero-order valence-electron chi connectivity index (χ0n) is 11.2. The fourth-order valence-corrected chi connectivity index (χ4v) is 2.43. The molecule has 0 spiro atoms. The molecule has 1 amide bonds. The smallest absolute Gasteiger partial charge is 0.327 e. The van der Waals surface area contributed by atoms with Crippen molar-refractivity contribution in [2.45, 2.75) is 6.04 Å². The van der Waals surface area contributed by atoms with E-state index < -0.39 is 12.0 Å². The highest BCUT2D eigenvalue weighted by Gasteiger charge is 2.32. The lowest BCUT2D eigenvalue weighted by atomic mass is 10.1. The number of nitrogens with one attached hydrogen (secondary N) is 1. The normalized spacial score (nSPS) is 18.7. The molecule has 21 heavy (non-hydrogen) atoms. The van der Waals surface area contributed by atoms with Gasteiger partial charge >= 0.3 is 5.97 Å². The summed E-state index contributed by atoms with van der Waals surface area (Å²) in [5.74, 6) is -1.30. The van der Waals surface area contributed by atoms with Crippen molar-refractivity contribution in [3.8, 4) is 0 Å². The minimum absolute atomic E-state index is 0.258. The number of aliphatic carboxylic acids is 1. The second-order valence-corrected chi connectivity index (χ2v) is 4.82. The van der Waals surface area contributed by atoms with Gasteiger partial charge in [0.15, 0.2) is 0 Å². The number of amides is 1. The largest absolute Gasteiger partial charge is 0.480 e. The molecule has 2 N–H and O–H groups in total. The molecule has 1 aliphatic heterocycles. The third-order valence-corrected chi connectivity index (χ3v) is 3.51. The van der Waals surface area contributed by atoms with Gasteiger partial charge in [0.2, 0.25) is 0 Å².